The van der Waals surface area contributed by atoms with E-state index in [9.17, 15) is 4.79 Å². The first kappa shape index (κ1) is 14.3. The number of hydrogen-bond donors (Lipinski definition) is 1. The fourth-order valence-electron chi connectivity index (χ4n) is 1.84. The molecule has 3 rings (SSSR count). The van der Waals surface area contributed by atoms with Crippen LogP contribution in [-0.2, 0) is 0 Å². The zero-order valence-electron chi connectivity index (χ0n) is 10.9. The molecule has 106 valence electrons. The van der Waals surface area contributed by atoms with Crippen LogP contribution in [0.15, 0.2) is 30.5 Å². The predicted octanol–water partition coefficient (Wildman–Crippen LogP) is 4.56. The second-order valence-corrected chi connectivity index (χ2v) is 6.26. The Morgan fingerprint density at radius 2 is 2.10 bits per heavy atom. The Kier molecular flexibility index (Phi) is 3.80. The molecule has 0 aliphatic heterocycles. The number of fused-ring (bicyclic) bond motifs is 1. The van der Waals surface area contributed by atoms with Gasteiger partial charge in [0, 0.05) is 6.20 Å². The van der Waals surface area contributed by atoms with Gasteiger partial charge in [0.25, 0.3) is 5.91 Å². The van der Waals surface area contributed by atoms with E-state index in [2.05, 4.69) is 15.3 Å². The lowest BCUT2D eigenvalue weighted by atomic mass is 10.2. The Labute approximate surface area is 134 Å². The topological polar surface area (TPSA) is 54.9 Å². The fraction of sp³-hybridized carbons (Fsp3) is 0.0714. The summed E-state index contributed by atoms with van der Waals surface area (Å²) in [7, 11) is 0. The van der Waals surface area contributed by atoms with Crippen molar-refractivity contribution in [3.05, 3.63) is 51.8 Å². The lowest BCUT2D eigenvalue weighted by Crippen LogP contribution is -2.12. The number of pyridine rings is 1. The summed E-state index contributed by atoms with van der Waals surface area (Å²) >= 11 is 13.2. The molecule has 0 aliphatic rings. The van der Waals surface area contributed by atoms with Crippen molar-refractivity contribution in [2.75, 3.05) is 5.32 Å². The van der Waals surface area contributed by atoms with Crippen LogP contribution in [0.4, 0.5) is 5.13 Å². The molecular formula is C14H9Cl2N3OS. The van der Waals surface area contributed by atoms with E-state index >= 15 is 0 Å². The first-order valence-corrected chi connectivity index (χ1v) is 7.60. The number of anilines is 1. The molecule has 0 bridgehead atoms. The maximum atomic E-state index is 12.2. The first-order valence-electron chi connectivity index (χ1n) is 6.02. The van der Waals surface area contributed by atoms with Crippen LogP contribution in [0.25, 0.3) is 10.2 Å². The number of carbonyl (C=O) groups is 1. The standard InChI is InChI=1S/C14H9Cl2N3OS/c1-7-2-3-10-11(4-7)21-14(18-10)19-13(20)8-5-12(16)17-6-9(8)15/h2-6H,1H3,(H,18,19,20). The average Bonchev–Trinajstić information content (AvgIpc) is 2.82. The Morgan fingerprint density at radius 1 is 1.29 bits per heavy atom. The zero-order valence-corrected chi connectivity index (χ0v) is 13.2. The number of nitrogens with one attached hydrogen (secondary N) is 1. The number of rotatable bonds is 2. The van der Waals surface area contributed by atoms with Gasteiger partial charge in [-0.15, -0.1) is 0 Å². The third kappa shape index (κ3) is 3.00. The minimum atomic E-state index is -0.361. The molecule has 7 heteroatoms. The summed E-state index contributed by atoms with van der Waals surface area (Å²) in [4.78, 5) is 20.4. The van der Waals surface area contributed by atoms with E-state index in [4.69, 9.17) is 23.2 Å². The maximum absolute atomic E-state index is 12.2. The summed E-state index contributed by atoms with van der Waals surface area (Å²) in [6.45, 7) is 2.01. The van der Waals surface area contributed by atoms with E-state index in [1.807, 2.05) is 25.1 Å². The molecule has 2 aromatic heterocycles. The van der Waals surface area contributed by atoms with Crippen LogP contribution in [-0.4, -0.2) is 15.9 Å². The van der Waals surface area contributed by atoms with Crippen molar-refractivity contribution < 1.29 is 4.79 Å². The molecule has 2 heterocycles. The number of benzene rings is 1. The summed E-state index contributed by atoms with van der Waals surface area (Å²) in [6, 6.07) is 7.36. The molecule has 4 nitrogen and oxygen atoms in total. The molecule has 0 fully saturated rings. The molecule has 0 saturated carbocycles. The van der Waals surface area contributed by atoms with Crippen LogP contribution in [0.2, 0.25) is 10.2 Å². The monoisotopic (exact) mass is 337 g/mol. The van der Waals surface area contributed by atoms with Gasteiger partial charge in [0.05, 0.1) is 20.8 Å². The molecule has 21 heavy (non-hydrogen) atoms. The first-order chi connectivity index (χ1) is 10.0. The molecule has 1 amide bonds. The van der Waals surface area contributed by atoms with Crippen LogP contribution >= 0.6 is 34.5 Å². The highest BCUT2D eigenvalue weighted by molar-refractivity contribution is 7.22. The molecule has 0 aliphatic carbocycles. The summed E-state index contributed by atoms with van der Waals surface area (Å²) in [6.07, 6.45) is 1.35. The van der Waals surface area contributed by atoms with Gasteiger partial charge in [0.2, 0.25) is 0 Å². The minimum Gasteiger partial charge on any atom is -0.298 e. The van der Waals surface area contributed by atoms with Crippen molar-refractivity contribution >= 4 is 55.8 Å². The SMILES string of the molecule is Cc1ccc2nc(NC(=O)c3cc(Cl)ncc3Cl)sc2c1. The number of hydrogen-bond acceptors (Lipinski definition) is 4. The van der Waals surface area contributed by atoms with Gasteiger partial charge in [-0.05, 0) is 30.7 Å². The lowest BCUT2D eigenvalue weighted by Gasteiger charge is -2.03. The van der Waals surface area contributed by atoms with Crippen LogP contribution in [0.5, 0.6) is 0 Å². The highest BCUT2D eigenvalue weighted by atomic mass is 35.5. The highest BCUT2D eigenvalue weighted by Gasteiger charge is 2.14. The lowest BCUT2D eigenvalue weighted by molar-refractivity contribution is 0.102. The molecule has 0 saturated heterocycles. The quantitative estimate of drug-likeness (QED) is 0.697. The average molecular weight is 338 g/mol. The summed E-state index contributed by atoms with van der Waals surface area (Å²) in [5, 5.41) is 3.71. The molecule has 3 aromatic rings. The van der Waals surface area contributed by atoms with Crippen LogP contribution in [0.3, 0.4) is 0 Å². The smallest absolute Gasteiger partial charge is 0.259 e. The van der Waals surface area contributed by atoms with Crippen LogP contribution in [0, 0.1) is 6.92 Å². The van der Waals surface area contributed by atoms with Gasteiger partial charge < -0.3 is 0 Å². The molecule has 1 aromatic carbocycles. The summed E-state index contributed by atoms with van der Waals surface area (Å²) in [5.74, 6) is -0.361. The fourth-order valence-corrected chi connectivity index (χ4v) is 3.14. The molecule has 0 spiro atoms. The van der Waals surface area contributed by atoms with Gasteiger partial charge in [-0.3, -0.25) is 10.1 Å². The largest absolute Gasteiger partial charge is 0.298 e. The van der Waals surface area contributed by atoms with Gasteiger partial charge in [-0.25, -0.2) is 9.97 Å². The predicted molar refractivity (Wildman–Crippen MR) is 86.6 cm³/mol. The number of nitrogens with zero attached hydrogens (tertiary/aromatic N) is 2. The number of aromatic nitrogens is 2. The van der Waals surface area contributed by atoms with Gasteiger partial charge >= 0.3 is 0 Å². The third-order valence-electron chi connectivity index (χ3n) is 2.83. The van der Waals surface area contributed by atoms with Gasteiger partial charge in [0.15, 0.2) is 5.13 Å². The number of carbonyl (C=O) groups excluding carboxylic acids is 1. The maximum Gasteiger partial charge on any atom is 0.259 e. The van der Waals surface area contributed by atoms with E-state index in [0.29, 0.717) is 5.13 Å². The summed E-state index contributed by atoms with van der Waals surface area (Å²) < 4.78 is 1.02. The molecule has 1 N–H and O–H groups in total. The Morgan fingerprint density at radius 3 is 2.90 bits per heavy atom. The molecular weight excluding hydrogens is 329 g/mol. The molecule has 0 unspecified atom stereocenters. The van der Waals surface area contributed by atoms with Crippen LogP contribution in [0.1, 0.15) is 15.9 Å². The van der Waals surface area contributed by atoms with Crippen molar-refractivity contribution in [1.29, 1.82) is 0 Å². The van der Waals surface area contributed by atoms with Crippen molar-refractivity contribution in [1.82, 2.24) is 9.97 Å². The van der Waals surface area contributed by atoms with E-state index in [1.54, 1.807) is 0 Å². The van der Waals surface area contributed by atoms with Crippen molar-refractivity contribution in [2.24, 2.45) is 0 Å². The second-order valence-electron chi connectivity index (χ2n) is 4.43. The zero-order chi connectivity index (χ0) is 15.0. The Bertz CT molecular complexity index is 847. The molecule has 0 atom stereocenters. The Hall–Kier alpha value is -1.69. The Balaban J connectivity index is 1.90. The number of halogens is 2. The minimum absolute atomic E-state index is 0.212. The van der Waals surface area contributed by atoms with E-state index in [-0.39, 0.29) is 21.6 Å². The number of amides is 1. The second kappa shape index (κ2) is 5.60. The molecule has 0 radical (unpaired) electrons. The normalized spacial score (nSPS) is 10.8. The van der Waals surface area contributed by atoms with E-state index in [1.165, 1.54) is 23.6 Å². The number of thiazole rings is 1. The van der Waals surface area contributed by atoms with Crippen molar-refractivity contribution in [3.63, 3.8) is 0 Å². The van der Waals surface area contributed by atoms with Crippen molar-refractivity contribution in [3.8, 4) is 0 Å². The third-order valence-corrected chi connectivity index (χ3v) is 4.27. The van der Waals surface area contributed by atoms with Gasteiger partial charge in [-0.1, -0.05) is 40.6 Å². The summed E-state index contributed by atoms with van der Waals surface area (Å²) in [5.41, 5.74) is 2.26. The highest BCUT2D eigenvalue weighted by Crippen LogP contribution is 2.27. The van der Waals surface area contributed by atoms with Crippen LogP contribution < -0.4 is 5.32 Å². The van der Waals surface area contributed by atoms with E-state index < -0.39 is 0 Å². The van der Waals surface area contributed by atoms with Crippen molar-refractivity contribution in [2.45, 2.75) is 6.92 Å². The number of aryl methyl sites for hydroxylation is 1. The van der Waals surface area contributed by atoms with E-state index in [0.717, 1.165) is 15.8 Å². The van der Waals surface area contributed by atoms with Gasteiger partial charge in [0.1, 0.15) is 5.15 Å². The van der Waals surface area contributed by atoms with Gasteiger partial charge in [-0.2, -0.15) is 0 Å².